The average molecular weight is 594 g/mol. The Balaban J connectivity index is 0.000000148. The molecule has 0 radical (unpaired) electrons. The highest BCUT2D eigenvalue weighted by molar-refractivity contribution is 5.85. The van der Waals surface area contributed by atoms with Gasteiger partial charge in [-0.2, -0.15) is 15.3 Å². The molecule has 0 aliphatic heterocycles. The number of nitrogens with zero attached hydrogens (tertiary/aromatic N) is 7. The smallest absolute Gasteiger partial charge is 0.270 e. The van der Waals surface area contributed by atoms with Crippen molar-refractivity contribution in [2.75, 3.05) is 19.1 Å². The van der Waals surface area contributed by atoms with Crippen LogP contribution in [0.5, 0.6) is 0 Å². The fraction of sp³-hybridized carbons (Fsp3) is 0.250. The number of H-pyrrole nitrogens is 1. The molecule has 3 aromatic heterocycles. The lowest BCUT2D eigenvalue weighted by atomic mass is 10.2. The molecule has 0 bridgehead atoms. The van der Waals surface area contributed by atoms with Gasteiger partial charge in [-0.3, -0.25) is 34.7 Å². The van der Waals surface area contributed by atoms with Crippen LogP contribution in [-0.2, 0) is 13.1 Å². The predicted octanol–water partition coefficient (Wildman–Crippen LogP) is 5.90. The number of nitrogens with one attached hydrogen (secondary N) is 1. The predicted molar refractivity (Wildman–Crippen MR) is 159 cm³/mol. The fourth-order valence-corrected chi connectivity index (χ4v) is 4.54. The number of hydrogen-bond acceptors (Lipinski definition) is 8. The lowest BCUT2D eigenvalue weighted by molar-refractivity contribution is -0.384. The number of fused-ring (bicyclic) bond motifs is 3. The van der Waals surface area contributed by atoms with Crippen molar-refractivity contribution in [1.82, 2.24) is 29.8 Å². The van der Waals surface area contributed by atoms with Crippen molar-refractivity contribution in [3.05, 3.63) is 91.9 Å². The highest BCUT2D eigenvalue weighted by Gasteiger charge is 2.13. The second-order valence-corrected chi connectivity index (χ2v) is 9.54. The normalized spacial score (nSPS) is 10.8. The molecule has 0 unspecified atom stereocenters. The van der Waals surface area contributed by atoms with Crippen LogP contribution in [0.3, 0.4) is 0 Å². The van der Waals surface area contributed by atoms with Crippen LogP contribution in [0.15, 0.2) is 54.6 Å². The molecule has 6 aromatic rings. The quantitative estimate of drug-likeness (QED) is 0.136. The largest absolute Gasteiger partial charge is 0.399 e. The molecule has 0 saturated carbocycles. The minimum atomic E-state index is -0.507. The summed E-state index contributed by atoms with van der Waals surface area (Å²) in [7, 11) is 0. The summed E-state index contributed by atoms with van der Waals surface area (Å²) in [5.41, 5.74) is 11.3. The Morgan fingerprint density at radius 2 is 1.26 bits per heavy atom. The number of aryl methyl sites for hydroxylation is 5. The highest BCUT2D eigenvalue weighted by Crippen LogP contribution is 2.24. The SMILES string of the molecule is Cc1[nH]nc2ccc([N+](=O)[O-])cc12.Cc1nn(CCF)c2ccc(N)cc12.Cc1nn(CCF)c2ccc([N+](=O)[O-])cc12. The monoisotopic (exact) mass is 593 g/mol. The number of anilines is 1. The molecule has 43 heavy (non-hydrogen) atoms. The summed E-state index contributed by atoms with van der Waals surface area (Å²) in [4.78, 5) is 20.2. The Kier molecular flexibility index (Phi) is 9.23. The molecule has 0 saturated heterocycles. The Labute approximate surface area is 243 Å². The number of nitrogens with two attached hydrogens (primary N) is 1. The van der Waals surface area contributed by atoms with Crippen LogP contribution in [0, 0.1) is 41.0 Å². The Bertz CT molecular complexity index is 1930. The van der Waals surface area contributed by atoms with Crippen LogP contribution < -0.4 is 5.73 Å². The highest BCUT2D eigenvalue weighted by atomic mass is 19.1. The molecule has 0 atom stereocenters. The van der Waals surface area contributed by atoms with Gasteiger partial charge in [-0.1, -0.05) is 0 Å². The third-order valence-electron chi connectivity index (χ3n) is 6.62. The van der Waals surface area contributed by atoms with E-state index in [0.717, 1.165) is 38.7 Å². The summed E-state index contributed by atoms with van der Waals surface area (Å²) >= 11 is 0. The van der Waals surface area contributed by atoms with Gasteiger partial charge in [0.05, 0.1) is 50.9 Å². The van der Waals surface area contributed by atoms with Crippen molar-refractivity contribution < 1.29 is 18.6 Å². The summed E-state index contributed by atoms with van der Waals surface area (Å²) in [5, 5.41) is 38.7. The molecule has 0 fully saturated rings. The molecule has 0 amide bonds. The van der Waals surface area contributed by atoms with E-state index in [2.05, 4.69) is 20.4 Å². The van der Waals surface area contributed by atoms with Gasteiger partial charge >= 0.3 is 0 Å². The van der Waals surface area contributed by atoms with Crippen molar-refractivity contribution in [2.24, 2.45) is 0 Å². The second-order valence-electron chi connectivity index (χ2n) is 9.54. The van der Waals surface area contributed by atoms with Gasteiger partial charge in [0, 0.05) is 51.8 Å². The lowest BCUT2D eigenvalue weighted by Crippen LogP contribution is -2.01. The van der Waals surface area contributed by atoms with Crippen LogP contribution >= 0.6 is 0 Å². The van der Waals surface area contributed by atoms with E-state index >= 15 is 0 Å². The minimum absolute atomic E-state index is 0.0235. The number of nitrogen functional groups attached to an aromatic ring is 1. The molecule has 6 rings (SSSR count). The van der Waals surface area contributed by atoms with Gasteiger partial charge in [0.1, 0.15) is 13.3 Å². The first-order valence-electron chi connectivity index (χ1n) is 13.1. The number of alkyl halides is 2. The van der Waals surface area contributed by atoms with E-state index in [1.807, 2.05) is 26.0 Å². The zero-order valence-corrected chi connectivity index (χ0v) is 23.6. The van der Waals surface area contributed by atoms with Crippen LogP contribution in [-0.4, -0.2) is 53.0 Å². The van der Waals surface area contributed by atoms with Gasteiger partial charge in [0.15, 0.2) is 0 Å². The number of rotatable bonds is 6. The molecule has 224 valence electrons. The van der Waals surface area contributed by atoms with E-state index in [1.165, 1.54) is 28.9 Å². The van der Waals surface area contributed by atoms with Crippen LogP contribution in [0.1, 0.15) is 17.1 Å². The molecule has 3 aromatic carbocycles. The van der Waals surface area contributed by atoms with Crippen LogP contribution in [0.2, 0.25) is 0 Å². The average Bonchev–Trinajstić information content (AvgIpc) is 3.62. The molecular formula is C28H29F2N9O4. The third kappa shape index (κ3) is 6.72. The van der Waals surface area contributed by atoms with Crippen LogP contribution in [0.25, 0.3) is 32.7 Å². The standard InChI is InChI=1S/C10H10FN3O2.C10H12FN3.C8H7N3O2/c1-7-9-6-8(14(15)16)2-3-10(9)13(12-7)5-4-11;1-7-9-6-8(12)2-3-10(9)14(13-7)5-4-11;1-5-7-4-6(11(12)13)2-3-8(7)10-9-5/h2-3,6H,4-5H2,1H3;2-3,6H,4-5,12H2,1H3;2-4H,1H3,(H,9,10). The fourth-order valence-electron chi connectivity index (χ4n) is 4.54. The summed E-state index contributed by atoms with van der Waals surface area (Å²) in [5.74, 6) is 0. The molecule has 15 heteroatoms. The zero-order chi connectivity index (χ0) is 31.3. The zero-order valence-electron chi connectivity index (χ0n) is 23.6. The number of non-ortho nitro benzene ring substituents is 2. The maximum Gasteiger partial charge on any atom is 0.270 e. The van der Waals surface area contributed by atoms with Gasteiger partial charge in [0.2, 0.25) is 0 Å². The maximum atomic E-state index is 12.3. The number of aromatic nitrogens is 6. The Morgan fingerprint density at radius 1 is 0.767 bits per heavy atom. The summed E-state index contributed by atoms with van der Waals surface area (Å²) in [6.07, 6.45) is 0. The first kappa shape index (κ1) is 30.5. The number of nitro groups is 2. The minimum Gasteiger partial charge on any atom is -0.399 e. The first-order chi connectivity index (χ1) is 20.5. The van der Waals surface area contributed by atoms with E-state index in [0.29, 0.717) is 23.3 Å². The summed E-state index contributed by atoms with van der Waals surface area (Å²) < 4.78 is 27.7. The topological polar surface area (TPSA) is 177 Å². The van der Waals surface area contributed by atoms with Crippen molar-refractivity contribution >= 4 is 49.8 Å². The van der Waals surface area contributed by atoms with Gasteiger partial charge in [-0.25, -0.2) is 8.78 Å². The molecule has 0 aliphatic carbocycles. The van der Waals surface area contributed by atoms with Crippen molar-refractivity contribution in [3.8, 4) is 0 Å². The first-order valence-corrected chi connectivity index (χ1v) is 13.1. The number of benzene rings is 3. The molecule has 0 aliphatic rings. The summed E-state index contributed by atoms with van der Waals surface area (Å²) in [6.45, 7) is 5.04. The van der Waals surface area contributed by atoms with E-state index in [1.54, 1.807) is 29.8 Å². The number of halogens is 2. The summed E-state index contributed by atoms with van der Waals surface area (Å²) in [6, 6.07) is 14.6. The van der Waals surface area contributed by atoms with E-state index < -0.39 is 23.2 Å². The van der Waals surface area contributed by atoms with Gasteiger partial charge in [-0.15, -0.1) is 0 Å². The number of hydrogen-bond donors (Lipinski definition) is 2. The van der Waals surface area contributed by atoms with Crippen LogP contribution in [0.4, 0.5) is 25.8 Å². The number of aromatic amines is 1. The Hall–Kier alpha value is -5.47. The molecular weight excluding hydrogens is 564 g/mol. The maximum absolute atomic E-state index is 12.3. The van der Waals surface area contributed by atoms with E-state index in [4.69, 9.17) is 5.73 Å². The number of nitro benzene ring substituents is 2. The van der Waals surface area contributed by atoms with Gasteiger partial charge in [-0.05, 0) is 51.1 Å². The van der Waals surface area contributed by atoms with Gasteiger partial charge < -0.3 is 5.73 Å². The Morgan fingerprint density at radius 3 is 1.79 bits per heavy atom. The van der Waals surface area contributed by atoms with E-state index in [-0.39, 0.29) is 17.9 Å². The lowest BCUT2D eigenvalue weighted by Gasteiger charge is -1.99. The molecule has 3 N–H and O–H groups in total. The molecule has 13 nitrogen and oxygen atoms in total. The second kappa shape index (κ2) is 13.0. The molecule has 3 heterocycles. The third-order valence-corrected chi connectivity index (χ3v) is 6.62. The van der Waals surface area contributed by atoms with Gasteiger partial charge in [0.25, 0.3) is 11.4 Å². The van der Waals surface area contributed by atoms with Crippen molar-refractivity contribution in [2.45, 2.75) is 33.9 Å². The van der Waals surface area contributed by atoms with E-state index in [9.17, 15) is 29.0 Å². The molecule has 0 spiro atoms. The van der Waals surface area contributed by atoms with Crippen molar-refractivity contribution in [3.63, 3.8) is 0 Å². The van der Waals surface area contributed by atoms with Crippen molar-refractivity contribution in [1.29, 1.82) is 0 Å².